The number of nitrogens with zero attached hydrogens (tertiary/aromatic N) is 1. The van der Waals surface area contributed by atoms with Crippen LogP contribution < -0.4 is 5.73 Å². The molecular formula is C17H32N2O2. The van der Waals surface area contributed by atoms with Crippen LogP contribution >= 0.6 is 0 Å². The highest BCUT2D eigenvalue weighted by atomic mass is 16.5. The highest BCUT2D eigenvalue weighted by Crippen LogP contribution is 2.28. The molecule has 4 heteroatoms. The van der Waals surface area contributed by atoms with Gasteiger partial charge in [-0.1, -0.05) is 19.3 Å². The highest BCUT2D eigenvalue weighted by molar-refractivity contribution is 5.82. The Labute approximate surface area is 129 Å². The zero-order valence-electron chi connectivity index (χ0n) is 13.7. The summed E-state index contributed by atoms with van der Waals surface area (Å²) in [5.74, 6) is 0.705. The minimum Gasteiger partial charge on any atom is -0.373 e. The van der Waals surface area contributed by atoms with Crippen molar-refractivity contribution in [3.05, 3.63) is 0 Å². The van der Waals surface area contributed by atoms with Gasteiger partial charge < -0.3 is 15.4 Å². The normalized spacial score (nSPS) is 25.4. The highest BCUT2D eigenvalue weighted by Gasteiger charge is 2.30. The molecule has 2 fully saturated rings. The summed E-state index contributed by atoms with van der Waals surface area (Å²) in [6, 6.07) is -0.519. The number of likely N-dealkylation sites (tertiary alicyclic amines) is 1. The Balaban J connectivity index is 1.80. The SMILES string of the molecule is CC(O[C@H](C)[C@H](N)C(=O)N1CCCCC1)C1CCCCC1. The predicted molar refractivity (Wildman–Crippen MR) is 85.0 cm³/mol. The number of hydrogen-bond acceptors (Lipinski definition) is 3. The van der Waals surface area contributed by atoms with E-state index in [9.17, 15) is 4.79 Å². The summed E-state index contributed by atoms with van der Waals surface area (Å²) in [7, 11) is 0. The van der Waals surface area contributed by atoms with Crippen LogP contribution in [-0.4, -0.2) is 42.1 Å². The maximum Gasteiger partial charge on any atom is 0.242 e. The van der Waals surface area contributed by atoms with Gasteiger partial charge >= 0.3 is 0 Å². The summed E-state index contributed by atoms with van der Waals surface area (Å²) >= 11 is 0. The third-order valence-corrected chi connectivity index (χ3v) is 5.20. The minimum atomic E-state index is -0.519. The summed E-state index contributed by atoms with van der Waals surface area (Å²) in [4.78, 5) is 14.3. The van der Waals surface area contributed by atoms with Crippen molar-refractivity contribution in [2.45, 2.75) is 83.5 Å². The van der Waals surface area contributed by atoms with Crippen molar-refractivity contribution in [3.63, 3.8) is 0 Å². The predicted octanol–water partition coefficient (Wildman–Crippen LogP) is 2.70. The number of carbonyl (C=O) groups excluding carboxylic acids is 1. The number of nitrogens with two attached hydrogens (primary N) is 1. The van der Waals surface area contributed by atoms with Crippen molar-refractivity contribution in [3.8, 4) is 0 Å². The first-order valence-electron chi connectivity index (χ1n) is 8.79. The minimum absolute atomic E-state index is 0.0676. The second-order valence-corrected chi connectivity index (χ2v) is 6.86. The summed E-state index contributed by atoms with van der Waals surface area (Å²) in [5.41, 5.74) is 6.15. The summed E-state index contributed by atoms with van der Waals surface area (Å²) < 4.78 is 6.09. The maximum atomic E-state index is 12.4. The topological polar surface area (TPSA) is 55.6 Å². The first-order valence-corrected chi connectivity index (χ1v) is 8.79. The lowest BCUT2D eigenvalue weighted by molar-refractivity contribution is -0.139. The van der Waals surface area contributed by atoms with Crippen LogP contribution in [0.2, 0.25) is 0 Å². The van der Waals surface area contributed by atoms with Gasteiger partial charge in [0, 0.05) is 13.1 Å². The lowest BCUT2D eigenvalue weighted by Gasteiger charge is -2.34. The van der Waals surface area contributed by atoms with E-state index in [2.05, 4.69) is 6.92 Å². The molecule has 2 rings (SSSR count). The van der Waals surface area contributed by atoms with Gasteiger partial charge in [-0.15, -0.1) is 0 Å². The van der Waals surface area contributed by atoms with Crippen molar-refractivity contribution in [1.82, 2.24) is 4.90 Å². The monoisotopic (exact) mass is 296 g/mol. The van der Waals surface area contributed by atoms with Gasteiger partial charge in [0.15, 0.2) is 0 Å². The molecule has 1 unspecified atom stereocenters. The Morgan fingerprint density at radius 1 is 1.05 bits per heavy atom. The Bertz CT molecular complexity index is 323. The van der Waals surface area contributed by atoms with E-state index in [-0.39, 0.29) is 18.1 Å². The van der Waals surface area contributed by atoms with E-state index in [1.807, 2.05) is 11.8 Å². The number of piperidine rings is 1. The Morgan fingerprint density at radius 3 is 2.24 bits per heavy atom. The van der Waals surface area contributed by atoms with Crippen LogP contribution in [0.3, 0.4) is 0 Å². The van der Waals surface area contributed by atoms with Crippen molar-refractivity contribution >= 4 is 5.91 Å². The molecule has 122 valence electrons. The van der Waals surface area contributed by atoms with Crippen LogP contribution in [-0.2, 0) is 9.53 Å². The first kappa shape index (κ1) is 16.8. The van der Waals surface area contributed by atoms with E-state index in [4.69, 9.17) is 10.5 Å². The molecule has 0 aromatic heterocycles. The number of hydrogen-bond donors (Lipinski definition) is 1. The molecule has 1 aliphatic heterocycles. The number of rotatable bonds is 5. The molecule has 2 N–H and O–H groups in total. The van der Waals surface area contributed by atoms with E-state index >= 15 is 0 Å². The molecule has 1 amide bonds. The van der Waals surface area contributed by atoms with Crippen LogP contribution in [0.25, 0.3) is 0 Å². The zero-order valence-corrected chi connectivity index (χ0v) is 13.7. The molecule has 1 saturated heterocycles. The van der Waals surface area contributed by atoms with E-state index in [0.717, 1.165) is 25.9 Å². The fourth-order valence-electron chi connectivity index (χ4n) is 3.66. The summed E-state index contributed by atoms with van der Waals surface area (Å²) in [5, 5.41) is 0. The molecule has 1 saturated carbocycles. The van der Waals surface area contributed by atoms with Gasteiger partial charge in [-0.2, -0.15) is 0 Å². The third kappa shape index (κ3) is 4.68. The van der Waals surface area contributed by atoms with Gasteiger partial charge in [-0.25, -0.2) is 0 Å². The van der Waals surface area contributed by atoms with Gasteiger partial charge in [0.25, 0.3) is 0 Å². The molecule has 2 aliphatic rings. The van der Waals surface area contributed by atoms with Crippen molar-refractivity contribution in [2.75, 3.05) is 13.1 Å². The molecule has 0 bridgehead atoms. The molecule has 4 nitrogen and oxygen atoms in total. The average molecular weight is 296 g/mol. The Kier molecular flexibility index (Phi) is 6.49. The molecule has 21 heavy (non-hydrogen) atoms. The number of amides is 1. The molecular weight excluding hydrogens is 264 g/mol. The molecule has 1 aliphatic carbocycles. The largest absolute Gasteiger partial charge is 0.373 e. The lowest BCUT2D eigenvalue weighted by atomic mass is 9.86. The van der Waals surface area contributed by atoms with Crippen LogP contribution in [0, 0.1) is 5.92 Å². The quantitative estimate of drug-likeness (QED) is 0.848. The van der Waals surface area contributed by atoms with Crippen molar-refractivity contribution in [2.24, 2.45) is 11.7 Å². The maximum absolute atomic E-state index is 12.4. The Morgan fingerprint density at radius 2 is 1.62 bits per heavy atom. The van der Waals surface area contributed by atoms with E-state index < -0.39 is 6.04 Å². The van der Waals surface area contributed by atoms with E-state index in [1.54, 1.807) is 0 Å². The molecule has 3 atom stereocenters. The van der Waals surface area contributed by atoms with Crippen molar-refractivity contribution in [1.29, 1.82) is 0 Å². The van der Waals surface area contributed by atoms with Crippen LogP contribution in [0.1, 0.15) is 65.2 Å². The second-order valence-electron chi connectivity index (χ2n) is 6.86. The number of ether oxygens (including phenoxy) is 1. The lowest BCUT2D eigenvalue weighted by Crippen LogP contribution is -2.52. The van der Waals surface area contributed by atoms with Gasteiger partial charge in [0.2, 0.25) is 5.91 Å². The molecule has 0 radical (unpaired) electrons. The second kappa shape index (κ2) is 8.14. The van der Waals surface area contributed by atoms with E-state index in [0.29, 0.717) is 5.92 Å². The van der Waals surface area contributed by atoms with Crippen molar-refractivity contribution < 1.29 is 9.53 Å². The molecule has 0 aromatic rings. The smallest absolute Gasteiger partial charge is 0.242 e. The summed E-state index contributed by atoms with van der Waals surface area (Å²) in [6.45, 7) is 5.81. The standard InChI is InChI=1S/C17H32N2O2/c1-13(15-9-5-3-6-10-15)21-14(2)16(18)17(20)19-11-7-4-8-12-19/h13-16H,3-12,18H2,1-2H3/t13?,14-,16+/m1/s1. The van der Waals surface area contributed by atoms with Gasteiger partial charge in [0.1, 0.15) is 6.04 Å². The number of carbonyl (C=O) groups is 1. The summed E-state index contributed by atoms with van der Waals surface area (Å²) in [6.07, 6.45) is 9.92. The molecule has 0 aromatic carbocycles. The van der Waals surface area contributed by atoms with Gasteiger partial charge in [-0.05, 0) is 51.9 Å². The van der Waals surface area contributed by atoms with Crippen LogP contribution in [0.15, 0.2) is 0 Å². The van der Waals surface area contributed by atoms with Crippen LogP contribution in [0.5, 0.6) is 0 Å². The van der Waals surface area contributed by atoms with Crippen LogP contribution in [0.4, 0.5) is 0 Å². The molecule has 1 heterocycles. The van der Waals surface area contributed by atoms with Gasteiger partial charge in [-0.3, -0.25) is 4.79 Å². The van der Waals surface area contributed by atoms with Gasteiger partial charge in [0.05, 0.1) is 12.2 Å². The first-order chi connectivity index (χ1) is 10.1. The average Bonchev–Trinajstić information content (AvgIpc) is 2.55. The molecule has 0 spiro atoms. The zero-order chi connectivity index (χ0) is 15.2. The fourth-order valence-corrected chi connectivity index (χ4v) is 3.66. The fraction of sp³-hybridized carbons (Fsp3) is 0.941. The Hall–Kier alpha value is -0.610. The van der Waals surface area contributed by atoms with E-state index in [1.165, 1.54) is 38.5 Å². The third-order valence-electron chi connectivity index (χ3n) is 5.20.